The number of hydrogen-bond acceptors (Lipinski definition) is 3. The van der Waals surface area contributed by atoms with Crippen LogP contribution in [0.1, 0.15) is 18.4 Å². The van der Waals surface area contributed by atoms with E-state index in [0.29, 0.717) is 12.6 Å². The fourth-order valence-corrected chi connectivity index (χ4v) is 1.75. The van der Waals surface area contributed by atoms with E-state index < -0.39 is 0 Å². The third-order valence-electron chi connectivity index (χ3n) is 2.91. The van der Waals surface area contributed by atoms with Gasteiger partial charge >= 0.3 is 6.03 Å². The Hall–Kier alpha value is -2.37. The van der Waals surface area contributed by atoms with Gasteiger partial charge in [0.25, 0.3) is 0 Å². The molecule has 98 valence electrons. The van der Waals surface area contributed by atoms with E-state index in [2.05, 4.69) is 20.7 Å². The Morgan fingerprint density at radius 3 is 3.05 bits per heavy atom. The first-order valence-corrected chi connectivity index (χ1v) is 6.30. The standard InChI is InChI=1S/C13H15N5O/c19-13(17-11-2-3-11)15-9-10-4-6-14-12(8-10)18-7-1-5-16-18/h1,4-8,11H,2-3,9H2,(H2,15,17,19). The van der Waals surface area contributed by atoms with Gasteiger partial charge in [0.2, 0.25) is 0 Å². The van der Waals surface area contributed by atoms with Crippen molar-refractivity contribution in [2.75, 3.05) is 0 Å². The zero-order valence-corrected chi connectivity index (χ0v) is 10.4. The third-order valence-corrected chi connectivity index (χ3v) is 2.91. The van der Waals surface area contributed by atoms with Crippen LogP contribution in [0, 0.1) is 0 Å². The molecule has 0 spiro atoms. The molecule has 6 nitrogen and oxygen atoms in total. The van der Waals surface area contributed by atoms with Gasteiger partial charge in [-0.3, -0.25) is 0 Å². The molecule has 0 aliphatic heterocycles. The Bertz CT molecular complexity index is 562. The monoisotopic (exact) mass is 257 g/mol. The van der Waals surface area contributed by atoms with Crippen molar-refractivity contribution >= 4 is 6.03 Å². The van der Waals surface area contributed by atoms with Crippen molar-refractivity contribution in [3.8, 4) is 5.82 Å². The molecule has 2 amide bonds. The van der Waals surface area contributed by atoms with Gasteiger partial charge < -0.3 is 10.6 Å². The Morgan fingerprint density at radius 2 is 2.32 bits per heavy atom. The molecule has 0 saturated heterocycles. The minimum atomic E-state index is -0.111. The minimum absolute atomic E-state index is 0.111. The summed E-state index contributed by atoms with van der Waals surface area (Å²) in [5.74, 6) is 0.743. The number of aromatic nitrogens is 3. The molecule has 2 aromatic rings. The predicted octanol–water partition coefficient (Wildman–Crippen LogP) is 1.23. The maximum Gasteiger partial charge on any atom is 0.315 e. The lowest BCUT2D eigenvalue weighted by Crippen LogP contribution is -2.36. The van der Waals surface area contributed by atoms with Crippen LogP contribution in [-0.4, -0.2) is 26.8 Å². The highest BCUT2D eigenvalue weighted by atomic mass is 16.2. The molecule has 2 N–H and O–H groups in total. The van der Waals surface area contributed by atoms with Crippen LogP contribution in [0.4, 0.5) is 4.79 Å². The molecule has 1 fully saturated rings. The average Bonchev–Trinajstić information content (AvgIpc) is 3.07. The molecule has 1 aliphatic rings. The van der Waals surface area contributed by atoms with Crippen LogP contribution in [-0.2, 0) is 6.54 Å². The SMILES string of the molecule is O=C(NCc1ccnc(-n2cccn2)c1)NC1CC1. The molecular weight excluding hydrogens is 242 g/mol. The number of amides is 2. The first-order valence-electron chi connectivity index (χ1n) is 6.30. The quantitative estimate of drug-likeness (QED) is 0.865. The van der Waals surface area contributed by atoms with Crippen LogP contribution in [0.2, 0.25) is 0 Å². The van der Waals surface area contributed by atoms with E-state index in [1.165, 1.54) is 0 Å². The van der Waals surface area contributed by atoms with Crippen LogP contribution in [0.15, 0.2) is 36.8 Å². The van der Waals surface area contributed by atoms with Crippen molar-refractivity contribution in [3.63, 3.8) is 0 Å². The van der Waals surface area contributed by atoms with Crippen molar-refractivity contribution in [1.29, 1.82) is 0 Å². The average molecular weight is 257 g/mol. The fourth-order valence-electron chi connectivity index (χ4n) is 1.75. The Balaban J connectivity index is 1.61. The topological polar surface area (TPSA) is 71.8 Å². The molecule has 0 aromatic carbocycles. The van der Waals surface area contributed by atoms with Crippen LogP contribution in [0.5, 0.6) is 0 Å². The van der Waals surface area contributed by atoms with Crippen LogP contribution in [0.3, 0.4) is 0 Å². The zero-order chi connectivity index (χ0) is 13.1. The fraction of sp³-hybridized carbons (Fsp3) is 0.308. The van der Waals surface area contributed by atoms with E-state index in [9.17, 15) is 4.79 Å². The summed E-state index contributed by atoms with van der Waals surface area (Å²) in [6.45, 7) is 0.481. The second-order valence-corrected chi connectivity index (χ2v) is 4.57. The molecule has 0 bridgehead atoms. The van der Waals surface area contributed by atoms with Gasteiger partial charge in [0.1, 0.15) is 0 Å². The summed E-state index contributed by atoms with van der Waals surface area (Å²) < 4.78 is 1.69. The Labute approximate surface area is 110 Å². The Morgan fingerprint density at radius 1 is 1.42 bits per heavy atom. The highest BCUT2D eigenvalue weighted by Gasteiger charge is 2.22. The minimum Gasteiger partial charge on any atom is -0.335 e. The molecule has 0 unspecified atom stereocenters. The molecule has 1 aliphatic carbocycles. The number of urea groups is 1. The van der Waals surface area contributed by atoms with E-state index in [1.807, 2.05) is 24.4 Å². The second-order valence-electron chi connectivity index (χ2n) is 4.57. The van der Waals surface area contributed by atoms with E-state index in [-0.39, 0.29) is 6.03 Å². The lowest BCUT2D eigenvalue weighted by atomic mass is 10.2. The number of carbonyl (C=O) groups excluding carboxylic acids is 1. The van der Waals surface area contributed by atoms with Crippen LogP contribution in [0.25, 0.3) is 5.82 Å². The first kappa shape index (κ1) is 11.7. The van der Waals surface area contributed by atoms with Gasteiger partial charge in [0, 0.05) is 31.2 Å². The van der Waals surface area contributed by atoms with Gasteiger partial charge in [0.05, 0.1) is 0 Å². The van der Waals surface area contributed by atoms with Crippen molar-refractivity contribution < 1.29 is 4.79 Å². The summed E-state index contributed by atoms with van der Waals surface area (Å²) in [4.78, 5) is 15.8. The summed E-state index contributed by atoms with van der Waals surface area (Å²) in [6.07, 6.45) is 7.43. The van der Waals surface area contributed by atoms with E-state index in [4.69, 9.17) is 0 Å². The summed E-state index contributed by atoms with van der Waals surface area (Å²) in [5, 5.41) is 9.84. The second kappa shape index (κ2) is 5.09. The third kappa shape index (κ3) is 3.09. The largest absolute Gasteiger partial charge is 0.335 e. The number of nitrogens with zero attached hydrogens (tertiary/aromatic N) is 3. The van der Waals surface area contributed by atoms with E-state index >= 15 is 0 Å². The van der Waals surface area contributed by atoms with Crippen molar-refractivity contribution in [2.24, 2.45) is 0 Å². The summed E-state index contributed by atoms with van der Waals surface area (Å²) in [6, 6.07) is 5.89. The summed E-state index contributed by atoms with van der Waals surface area (Å²) >= 11 is 0. The smallest absolute Gasteiger partial charge is 0.315 e. The molecule has 1 saturated carbocycles. The molecule has 19 heavy (non-hydrogen) atoms. The highest BCUT2D eigenvalue weighted by molar-refractivity contribution is 5.74. The molecule has 6 heteroatoms. The molecule has 2 aromatic heterocycles. The zero-order valence-electron chi connectivity index (χ0n) is 10.4. The maximum absolute atomic E-state index is 11.5. The van der Waals surface area contributed by atoms with Crippen LogP contribution >= 0.6 is 0 Å². The van der Waals surface area contributed by atoms with Gasteiger partial charge in [0.15, 0.2) is 5.82 Å². The molecule has 0 radical (unpaired) electrons. The van der Waals surface area contributed by atoms with E-state index in [1.54, 1.807) is 17.1 Å². The molecular formula is C13H15N5O. The number of pyridine rings is 1. The number of hydrogen-bond donors (Lipinski definition) is 2. The highest BCUT2D eigenvalue weighted by Crippen LogP contribution is 2.18. The van der Waals surface area contributed by atoms with Crippen molar-refractivity contribution in [1.82, 2.24) is 25.4 Å². The van der Waals surface area contributed by atoms with Crippen LogP contribution < -0.4 is 10.6 Å². The number of nitrogens with one attached hydrogen (secondary N) is 2. The summed E-state index contributed by atoms with van der Waals surface area (Å²) in [5.41, 5.74) is 0.992. The van der Waals surface area contributed by atoms with Gasteiger partial charge in [-0.05, 0) is 36.6 Å². The first-order chi connectivity index (χ1) is 9.31. The Kier molecular flexibility index (Phi) is 3.14. The van der Waals surface area contributed by atoms with E-state index in [0.717, 1.165) is 24.2 Å². The number of rotatable bonds is 4. The molecule has 0 atom stereocenters. The van der Waals surface area contributed by atoms with Gasteiger partial charge in [-0.1, -0.05) is 0 Å². The lowest BCUT2D eigenvalue weighted by Gasteiger charge is -2.07. The molecule has 2 heterocycles. The maximum atomic E-state index is 11.5. The molecule has 3 rings (SSSR count). The summed E-state index contributed by atoms with van der Waals surface area (Å²) in [7, 11) is 0. The van der Waals surface area contributed by atoms with Crippen molar-refractivity contribution in [2.45, 2.75) is 25.4 Å². The lowest BCUT2D eigenvalue weighted by molar-refractivity contribution is 0.240. The van der Waals surface area contributed by atoms with Gasteiger partial charge in [-0.2, -0.15) is 5.10 Å². The normalized spacial score (nSPS) is 14.1. The predicted molar refractivity (Wildman–Crippen MR) is 69.8 cm³/mol. The van der Waals surface area contributed by atoms with Crippen molar-refractivity contribution in [3.05, 3.63) is 42.4 Å². The number of carbonyl (C=O) groups is 1. The van der Waals surface area contributed by atoms with Gasteiger partial charge in [-0.25, -0.2) is 14.5 Å². The van der Waals surface area contributed by atoms with Gasteiger partial charge in [-0.15, -0.1) is 0 Å².